The number of azide groups is 1. The van der Waals surface area contributed by atoms with Crippen LogP contribution in [0.2, 0.25) is 5.02 Å². The molecule has 0 radical (unpaired) electrons. The molecule has 18 heavy (non-hydrogen) atoms. The van der Waals surface area contributed by atoms with Gasteiger partial charge >= 0.3 is 0 Å². The minimum absolute atomic E-state index is 0.374. The van der Waals surface area contributed by atoms with Crippen LogP contribution in [-0.2, 0) is 6.61 Å². The molecular weight excluding hydrogens is 250 g/mol. The number of halogens is 1. The molecule has 2 aromatic carbocycles. The van der Waals surface area contributed by atoms with Crippen molar-refractivity contribution in [2.45, 2.75) is 6.61 Å². The Hall–Kier alpha value is -2.16. The lowest BCUT2D eigenvalue weighted by atomic mass is 10.2. The Balaban J connectivity index is 2.08. The summed E-state index contributed by atoms with van der Waals surface area (Å²) in [5, 5.41) is 4.11. The molecule has 2 rings (SSSR count). The molecule has 0 saturated carbocycles. The van der Waals surface area contributed by atoms with Gasteiger partial charge in [-0.15, -0.1) is 0 Å². The van der Waals surface area contributed by atoms with Gasteiger partial charge < -0.3 is 4.74 Å². The van der Waals surface area contributed by atoms with Crippen LogP contribution in [0.3, 0.4) is 0 Å². The van der Waals surface area contributed by atoms with Crippen LogP contribution < -0.4 is 4.74 Å². The van der Waals surface area contributed by atoms with Crippen LogP contribution >= 0.6 is 11.6 Å². The van der Waals surface area contributed by atoms with Crippen LogP contribution in [0.4, 0.5) is 5.69 Å². The highest BCUT2D eigenvalue weighted by atomic mass is 35.5. The van der Waals surface area contributed by atoms with Crippen molar-refractivity contribution >= 4 is 17.3 Å². The summed E-state index contributed by atoms with van der Waals surface area (Å²) in [6.45, 7) is 0.374. The smallest absolute Gasteiger partial charge is 0.138 e. The van der Waals surface area contributed by atoms with Gasteiger partial charge in [-0.1, -0.05) is 47.0 Å². The Bertz CT molecular complexity index is 594. The first-order valence-electron chi connectivity index (χ1n) is 5.31. The molecule has 5 heteroatoms. The molecule has 4 nitrogen and oxygen atoms in total. The molecule has 0 spiro atoms. The standard InChI is InChI=1S/C13H10ClN3O/c14-12-6-1-2-7-13(12)18-9-10-4-3-5-11(8-10)16-17-15/h1-8H,9H2. The first-order valence-corrected chi connectivity index (χ1v) is 5.69. The van der Waals surface area contributed by atoms with Gasteiger partial charge in [-0.3, -0.25) is 0 Å². The summed E-state index contributed by atoms with van der Waals surface area (Å²) in [6, 6.07) is 14.5. The lowest BCUT2D eigenvalue weighted by molar-refractivity contribution is 0.306. The second kappa shape index (κ2) is 5.96. The van der Waals surface area contributed by atoms with Crippen LogP contribution in [0.25, 0.3) is 10.4 Å². The van der Waals surface area contributed by atoms with E-state index in [1.165, 1.54) is 0 Å². The maximum Gasteiger partial charge on any atom is 0.138 e. The van der Waals surface area contributed by atoms with E-state index in [0.29, 0.717) is 23.1 Å². The van der Waals surface area contributed by atoms with E-state index < -0.39 is 0 Å². The average Bonchev–Trinajstić information content (AvgIpc) is 2.39. The molecule has 0 aliphatic carbocycles. The predicted molar refractivity (Wildman–Crippen MR) is 71.0 cm³/mol. The summed E-state index contributed by atoms with van der Waals surface area (Å²) in [5.41, 5.74) is 9.85. The van der Waals surface area contributed by atoms with Crippen molar-refractivity contribution in [1.82, 2.24) is 0 Å². The Morgan fingerprint density at radius 3 is 2.78 bits per heavy atom. The predicted octanol–water partition coefficient (Wildman–Crippen LogP) is 4.86. The summed E-state index contributed by atoms with van der Waals surface area (Å²) in [4.78, 5) is 2.74. The van der Waals surface area contributed by atoms with Gasteiger partial charge in [-0.05, 0) is 29.3 Å². The number of para-hydroxylation sites is 1. The van der Waals surface area contributed by atoms with Crippen LogP contribution in [0.5, 0.6) is 5.75 Å². The molecule has 0 aliphatic heterocycles. The van der Waals surface area contributed by atoms with Crippen LogP contribution in [0.1, 0.15) is 5.56 Å². The highest BCUT2D eigenvalue weighted by molar-refractivity contribution is 6.32. The van der Waals surface area contributed by atoms with Gasteiger partial charge in [0.15, 0.2) is 0 Å². The van der Waals surface area contributed by atoms with Crippen molar-refractivity contribution in [1.29, 1.82) is 0 Å². The molecule has 0 fully saturated rings. The number of hydrogen-bond donors (Lipinski definition) is 0. The molecule has 0 aliphatic rings. The summed E-state index contributed by atoms with van der Waals surface area (Å²) < 4.78 is 5.59. The summed E-state index contributed by atoms with van der Waals surface area (Å²) in [7, 11) is 0. The largest absolute Gasteiger partial charge is 0.487 e. The highest BCUT2D eigenvalue weighted by Crippen LogP contribution is 2.24. The molecular formula is C13H10ClN3O. The fraction of sp³-hybridized carbons (Fsp3) is 0.0769. The first-order chi connectivity index (χ1) is 8.79. The van der Waals surface area contributed by atoms with Gasteiger partial charge in [0.2, 0.25) is 0 Å². The van der Waals surface area contributed by atoms with E-state index in [4.69, 9.17) is 21.9 Å². The van der Waals surface area contributed by atoms with Crippen molar-refractivity contribution in [3.8, 4) is 5.75 Å². The molecule has 0 aromatic heterocycles. The molecule has 90 valence electrons. The average molecular weight is 260 g/mol. The lowest BCUT2D eigenvalue weighted by Gasteiger charge is -2.08. The zero-order valence-corrected chi connectivity index (χ0v) is 10.2. The third kappa shape index (κ3) is 3.17. The fourth-order valence-electron chi connectivity index (χ4n) is 1.48. The van der Waals surface area contributed by atoms with Crippen molar-refractivity contribution in [3.05, 3.63) is 69.6 Å². The Kier molecular flexibility index (Phi) is 4.07. The van der Waals surface area contributed by atoms with Gasteiger partial charge in [0.05, 0.1) is 5.02 Å². The number of rotatable bonds is 4. The third-order valence-corrected chi connectivity index (χ3v) is 2.61. The van der Waals surface area contributed by atoms with Crippen LogP contribution in [0.15, 0.2) is 53.6 Å². The summed E-state index contributed by atoms with van der Waals surface area (Å²) >= 11 is 5.98. The molecule has 0 heterocycles. The maximum absolute atomic E-state index is 8.36. The van der Waals surface area contributed by atoms with Gasteiger partial charge in [0.25, 0.3) is 0 Å². The van der Waals surface area contributed by atoms with Crippen LogP contribution in [0, 0.1) is 0 Å². The van der Waals surface area contributed by atoms with Crippen molar-refractivity contribution < 1.29 is 4.74 Å². The zero-order valence-electron chi connectivity index (χ0n) is 9.45. The van der Waals surface area contributed by atoms with Gasteiger partial charge in [-0.2, -0.15) is 0 Å². The van der Waals surface area contributed by atoms with Gasteiger partial charge in [0.1, 0.15) is 12.4 Å². The Morgan fingerprint density at radius 2 is 2.00 bits per heavy atom. The molecule has 0 N–H and O–H groups in total. The summed E-state index contributed by atoms with van der Waals surface area (Å²) in [5.74, 6) is 0.633. The minimum atomic E-state index is 0.374. The second-order valence-electron chi connectivity index (χ2n) is 3.58. The molecule has 2 aromatic rings. The monoisotopic (exact) mass is 259 g/mol. The van der Waals surface area contributed by atoms with E-state index in [1.54, 1.807) is 24.3 Å². The van der Waals surface area contributed by atoms with E-state index in [9.17, 15) is 0 Å². The summed E-state index contributed by atoms with van der Waals surface area (Å²) in [6.07, 6.45) is 0. The zero-order chi connectivity index (χ0) is 12.8. The topological polar surface area (TPSA) is 58.0 Å². The minimum Gasteiger partial charge on any atom is -0.487 e. The van der Waals surface area contributed by atoms with E-state index >= 15 is 0 Å². The number of ether oxygens (including phenoxy) is 1. The number of hydrogen-bond acceptors (Lipinski definition) is 2. The van der Waals surface area contributed by atoms with Crippen LogP contribution in [-0.4, -0.2) is 0 Å². The molecule has 0 amide bonds. The molecule has 0 bridgehead atoms. The Labute approximate surface area is 109 Å². The second-order valence-corrected chi connectivity index (χ2v) is 3.99. The van der Waals surface area contributed by atoms with E-state index in [-0.39, 0.29) is 0 Å². The normalized spacial score (nSPS) is 9.61. The maximum atomic E-state index is 8.36. The first kappa shape index (κ1) is 12.3. The molecule has 0 unspecified atom stereocenters. The Morgan fingerprint density at radius 1 is 1.17 bits per heavy atom. The SMILES string of the molecule is [N-]=[N+]=Nc1cccc(COc2ccccc2Cl)c1. The van der Waals surface area contributed by atoms with E-state index in [1.807, 2.05) is 24.3 Å². The third-order valence-electron chi connectivity index (χ3n) is 2.30. The lowest BCUT2D eigenvalue weighted by Crippen LogP contribution is -1.95. The molecule has 0 atom stereocenters. The highest BCUT2D eigenvalue weighted by Gasteiger charge is 2.00. The van der Waals surface area contributed by atoms with Gasteiger partial charge in [0, 0.05) is 10.6 Å². The van der Waals surface area contributed by atoms with E-state index in [0.717, 1.165) is 5.56 Å². The molecule has 0 saturated heterocycles. The fourth-order valence-corrected chi connectivity index (χ4v) is 1.67. The van der Waals surface area contributed by atoms with Crippen molar-refractivity contribution in [3.63, 3.8) is 0 Å². The number of nitrogens with zero attached hydrogens (tertiary/aromatic N) is 3. The van der Waals surface area contributed by atoms with E-state index in [2.05, 4.69) is 10.0 Å². The van der Waals surface area contributed by atoms with Gasteiger partial charge in [-0.25, -0.2) is 0 Å². The number of benzene rings is 2. The van der Waals surface area contributed by atoms with Crippen molar-refractivity contribution in [2.75, 3.05) is 0 Å². The quantitative estimate of drug-likeness (QED) is 0.439. The van der Waals surface area contributed by atoms with Crippen molar-refractivity contribution in [2.24, 2.45) is 5.11 Å².